The number of ether oxygens (including phenoxy) is 2. The minimum absolute atomic E-state index is 0. The SMILES string of the molecule is O=C(CC(O)(CC(=O)Oc1cccc2c3nc4nc(nc5[nH]c(nc6nc(nc([nH]3)c12)-c1ccccc1-6)c1ccccc51)-c1ccccc1-4)C(=O)O)Oc1cccc2c3nc4nc(nc5[nH]c(nc6nc(nc([nH]3)c12)-c1ccccc1-6)c1ccccc51)-c1ccccc1-4.[Zn]. The summed E-state index contributed by atoms with van der Waals surface area (Å²) in [6.45, 7) is 0. The third-order valence-electron chi connectivity index (χ3n) is 16.8. The molecule has 0 radical (unpaired) electrons. The molecular formula is C70H40N16O7Zn. The topological polar surface area (TPSA) is 328 Å². The number of nitrogens with zero attached hydrogens (tertiary/aromatic N) is 12. The number of hydrogen-bond donors (Lipinski definition) is 6. The Hall–Kier alpha value is -12.5. The van der Waals surface area contributed by atoms with Crippen molar-refractivity contribution < 1.29 is 53.5 Å². The number of carbonyl (C=O) groups is 3. The number of aliphatic hydroxyl groups is 1. The Labute approximate surface area is 539 Å². The summed E-state index contributed by atoms with van der Waals surface area (Å²) in [5.74, 6) is -1.73. The van der Waals surface area contributed by atoms with Gasteiger partial charge < -0.3 is 39.6 Å². The zero-order valence-electron chi connectivity index (χ0n) is 48.7. The molecule has 16 bridgehead atoms. The fourth-order valence-corrected chi connectivity index (χ4v) is 12.5. The van der Waals surface area contributed by atoms with Gasteiger partial charge in [-0.3, -0.25) is 9.59 Å². The summed E-state index contributed by atoms with van der Waals surface area (Å²) in [6, 6.07) is 55.4. The molecule has 0 amide bonds. The number of benzene rings is 8. The molecule has 4 aliphatic heterocycles. The van der Waals surface area contributed by atoms with E-state index in [1.54, 1.807) is 24.3 Å². The molecule has 10 heterocycles. The van der Waals surface area contributed by atoms with Gasteiger partial charge in [0.2, 0.25) is 0 Å². The van der Waals surface area contributed by atoms with Gasteiger partial charge in [0.15, 0.2) is 52.2 Å². The van der Waals surface area contributed by atoms with Crippen LogP contribution in [0.4, 0.5) is 0 Å². The van der Waals surface area contributed by atoms with Crippen molar-refractivity contribution in [1.29, 1.82) is 0 Å². The number of nitrogens with one attached hydrogen (secondary N) is 4. The number of aromatic amines is 4. The number of aliphatic carboxylic acids is 1. The minimum Gasteiger partial charge on any atom is -0.479 e. The van der Waals surface area contributed by atoms with Gasteiger partial charge in [0.05, 0.1) is 23.6 Å². The maximum atomic E-state index is 14.4. The maximum absolute atomic E-state index is 14.4. The summed E-state index contributed by atoms with van der Waals surface area (Å²) >= 11 is 0. The zero-order valence-corrected chi connectivity index (χ0v) is 51.7. The fraction of sp³-hybridized carbons (Fsp3) is 0.0429. The van der Waals surface area contributed by atoms with Crippen LogP contribution in [0.25, 0.3) is 179 Å². The summed E-state index contributed by atoms with van der Waals surface area (Å²) in [6.07, 6.45) is -2.41. The standard InChI is InChI=1S/C70H40N16O7.Zn/c87-49(92-47-29-13-27-45-51(47)67-83-63-43-25-11-9-23-41(43)59(79-63)75-55-35-17-3-1-15-33(35)53(71-55)73-57-37-19-5-7-21-39(37)61(77-57)81-65(45)85-67)31-70(91,69(89)90)32-50(88)93-48-30-14-28-46-52(48)68-84-64-44-26-12-10-24-42(44)60(80-64)76-56-36-18-4-2-16-34(36)54(72-56)74-58-38-20-6-8-22-40(38)62(78-58)82-66(46)86-68;/h1-30,91H,31-32H2,(H,89,90)(H2,71,73,75,77,79,81,83,85)(H2,72,74,76,78,80,82,84,86);. The number of fused-ring (bicyclic) bond motifs is 40. The average molecular weight is 1280 g/mol. The number of hydrogen-bond acceptors (Lipinski definition) is 18. The summed E-state index contributed by atoms with van der Waals surface area (Å²) in [5.41, 5.74) is 5.51. The first-order chi connectivity index (χ1) is 45.5. The van der Waals surface area contributed by atoms with E-state index in [0.29, 0.717) is 102 Å². The van der Waals surface area contributed by atoms with E-state index in [1.807, 2.05) is 146 Å². The van der Waals surface area contributed by atoms with Gasteiger partial charge in [-0.1, -0.05) is 170 Å². The molecule has 0 unspecified atom stereocenters. The van der Waals surface area contributed by atoms with Crippen molar-refractivity contribution in [2.24, 2.45) is 0 Å². The molecular weight excluding hydrogens is 1240 g/mol. The summed E-state index contributed by atoms with van der Waals surface area (Å²) in [5, 5.41) is 27.4. The number of esters is 2. The molecule has 0 saturated heterocycles. The Kier molecular flexibility index (Phi) is 12.6. The van der Waals surface area contributed by atoms with Crippen LogP contribution in [0.15, 0.2) is 182 Å². The third kappa shape index (κ3) is 8.98. The van der Waals surface area contributed by atoms with Crippen LogP contribution in [-0.4, -0.2) is 113 Å². The van der Waals surface area contributed by atoms with Gasteiger partial charge >= 0.3 is 17.9 Å². The summed E-state index contributed by atoms with van der Waals surface area (Å²) < 4.78 is 12.1. The molecule has 4 aliphatic rings. The van der Waals surface area contributed by atoms with Gasteiger partial charge in [0, 0.05) is 96.3 Å². The molecule has 23 nitrogen and oxygen atoms in total. The largest absolute Gasteiger partial charge is 0.479 e. The van der Waals surface area contributed by atoms with Crippen molar-refractivity contribution in [2.45, 2.75) is 18.4 Å². The molecule has 0 aliphatic carbocycles. The number of H-pyrrole nitrogens is 4. The molecule has 0 saturated carbocycles. The van der Waals surface area contributed by atoms with Crippen LogP contribution >= 0.6 is 0 Å². The molecule has 0 atom stereocenters. The molecule has 0 fully saturated rings. The number of rotatable bonds is 7. The van der Waals surface area contributed by atoms with E-state index in [0.717, 1.165) is 32.7 Å². The van der Waals surface area contributed by atoms with Gasteiger partial charge in [0.25, 0.3) is 0 Å². The third-order valence-corrected chi connectivity index (χ3v) is 16.8. The molecule has 444 valence electrons. The Balaban J connectivity index is 0.00000672. The van der Waals surface area contributed by atoms with Crippen LogP contribution in [-0.2, 0) is 33.9 Å². The zero-order chi connectivity index (χ0) is 62.2. The van der Waals surface area contributed by atoms with E-state index in [-0.39, 0.29) is 76.0 Å². The van der Waals surface area contributed by atoms with Crippen molar-refractivity contribution in [3.63, 3.8) is 0 Å². The van der Waals surface area contributed by atoms with E-state index in [4.69, 9.17) is 69.3 Å². The van der Waals surface area contributed by atoms with Crippen molar-refractivity contribution in [3.8, 4) is 103 Å². The monoisotopic (exact) mass is 1280 g/mol. The smallest absolute Gasteiger partial charge is 0.336 e. The van der Waals surface area contributed by atoms with Crippen LogP contribution in [0.5, 0.6) is 11.5 Å². The normalized spacial score (nSPS) is 12.1. The first kappa shape index (κ1) is 55.5. The van der Waals surface area contributed by atoms with Crippen LogP contribution in [0.2, 0.25) is 0 Å². The Morgan fingerprint density at radius 1 is 0.309 bits per heavy atom. The second kappa shape index (κ2) is 21.3. The van der Waals surface area contributed by atoms with Crippen molar-refractivity contribution in [2.75, 3.05) is 0 Å². The fourth-order valence-electron chi connectivity index (χ4n) is 12.5. The molecule has 6 N–H and O–H groups in total. The average Bonchev–Trinajstić information content (AvgIpc) is 1.62. The number of carbonyl (C=O) groups excluding carboxylic acids is 2. The van der Waals surface area contributed by atoms with Gasteiger partial charge in [0.1, 0.15) is 56.7 Å². The maximum Gasteiger partial charge on any atom is 0.336 e. The van der Waals surface area contributed by atoms with Crippen LogP contribution in [0.3, 0.4) is 0 Å². The van der Waals surface area contributed by atoms with Gasteiger partial charge in [-0.25, -0.2) is 64.6 Å². The second-order valence-electron chi connectivity index (χ2n) is 22.5. The van der Waals surface area contributed by atoms with Crippen LogP contribution in [0, 0.1) is 0 Å². The molecule has 6 aromatic heterocycles. The van der Waals surface area contributed by atoms with Crippen molar-refractivity contribution >= 4 is 106 Å². The Morgan fingerprint density at radius 2 is 0.532 bits per heavy atom. The van der Waals surface area contributed by atoms with Crippen LogP contribution < -0.4 is 9.47 Å². The van der Waals surface area contributed by atoms with E-state index in [9.17, 15) is 24.6 Å². The molecule has 8 aromatic carbocycles. The Morgan fingerprint density at radius 3 is 0.798 bits per heavy atom. The molecule has 94 heavy (non-hydrogen) atoms. The molecule has 14 aromatic rings. The van der Waals surface area contributed by atoms with Gasteiger partial charge in [-0.2, -0.15) is 0 Å². The second-order valence-corrected chi connectivity index (χ2v) is 22.5. The first-order valence-corrected chi connectivity index (χ1v) is 29.4. The number of aromatic nitrogens is 16. The van der Waals surface area contributed by atoms with Crippen molar-refractivity contribution in [1.82, 2.24) is 79.7 Å². The summed E-state index contributed by atoms with van der Waals surface area (Å²) in [7, 11) is 0. The van der Waals surface area contributed by atoms with Crippen LogP contribution in [0.1, 0.15) is 12.8 Å². The van der Waals surface area contributed by atoms with E-state index >= 15 is 0 Å². The first-order valence-electron chi connectivity index (χ1n) is 29.4. The predicted molar refractivity (Wildman–Crippen MR) is 345 cm³/mol. The van der Waals surface area contributed by atoms with E-state index < -0.39 is 36.4 Å². The molecule has 24 heteroatoms. The summed E-state index contributed by atoms with van der Waals surface area (Å²) in [4.78, 5) is 116. The molecule has 18 rings (SSSR count). The van der Waals surface area contributed by atoms with E-state index in [2.05, 4.69) is 19.9 Å². The predicted octanol–water partition coefficient (Wildman–Crippen LogP) is 12.2. The van der Waals surface area contributed by atoms with Gasteiger partial charge in [-0.15, -0.1) is 0 Å². The van der Waals surface area contributed by atoms with E-state index in [1.165, 1.54) is 12.1 Å². The quantitative estimate of drug-likeness (QED) is 0.0490. The number of carboxylic acids is 1. The number of carboxylic acid groups (broad SMARTS) is 1. The molecule has 0 spiro atoms. The van der Waals surface area contributed by atoms with Crippen molar-refractivity contribution in [3.05, 3.63) is 182 Å². The Bertz CT molecular complexity index is 5690. The van der Waals surface area contributed by atoms with Gasteiger partial charge in [-0.05, 0) is 12.1 Å². The minimum atomic E-state index is -3.06.